The van der Waals surface area contributed by atoms with Gasteiger partial charge in [-0.1, -0.05) is 6.92 Å². The van der Waals surface area contributed by atoms with E-state index in [0.29, 0.717) is 18.4 Å². The van der Waals surface area contributed by atoms with Gasteiger partial charge in [0.25, 0.3) is 0 Å². The first-order chi connectivity index (χ1) is 9.85. The Morgan fingerprint density at radius 1 is 1.48 bits per heavy atom. The summed E-state index contributed by atoms with van der Waals surface area (Å²) in [5.41, 5.74) is 0.413. The molecule has 4 atom stereocenters. The van der Waals surface area contributed by atoms with Crippen molar-refractivity contribution in [1.29, 1.82) is 0 Å². The minimum absolute atomic E-state index is 0.218. The molecular formula is C15H18BrFO4. The molecule has 0 spiro atoms. The maximum absolute atomic E-state index is 13.6. The number of aliphatic hydroxyl groups excluding tert-OH is 1. The number of carboxylic acid groups (broad SMARTS) is 1. The molecule has 4 nitrogen and oxygen atoms in total. The van der Waals surface area contributed by atoms with Crippen LogP contribution in [-0.4, -0.2) is 23.3 Å². The average Bonchev–Trinajstić information content (AvgIpc) is 2.82. The van der Waals surface area contributed by atoms with E-state index >= 15 is 0 Å². The molecule has 1 aliphatic carbocycles. The van der Waals surface area contributed by atoms with Gasteiger partial charge in [0.2, 0.25) is 0 Å². The van der Waals surface area contributed by atoms with Crippen LogP contribution in [-0.2, 0) is 4.79 Å². The maximum atomic E-state index is 13.6. The summed E-state index contributed by atoms with van der Waals surface area (Å²) in [6, 6.07) is 2.65. The predicted octanol–water partition coefficient (Wildman–Crippen LogP) is 3.38. The lowest BCUT2D eigenvalue weighted by Crippen LogP contribution is -2.24. The van der Waals surface area contributed by atoms with Crippen LogP contribution in [0.5, 0.6) is 5.75 Å². The number of benzene rings is 1. The molecule has 6 heteroatoms. The fraction of sp³-hybridized carbons (Fsp3) is 0.533. The van der Waals surface area contributed by atoms with Crippen molar-refractivity contribution in [1.82, 2.24) is 0 Å². The first-order valence-corrected chi connectivity index (χ1v) is 7.58. The van der Waals surface area contributed by atoms with Crippen LogP contribution in [0.2, 0.25) is 0 Å². The van der Waals surface area contributed by atoms with Crippen LogP contribution < -0.4 is 4.74 Å². The van der Waals surface area contributed by atoms with Crippen LogP contribution in [0.3, 0.4) is 0 Å². The third-order valence-corrected chi connectivity index (χ3v) is 4.77. The largest absolute Gasteiger partial charge is 0.496 e. The molecule has 1 aromatic rings. The number of aliphatic hydroxyl groups is 1. The highest BCUT2D eigenvalue weighted by atomic mass is 79.9. The summed E-state index contributed by atoms with van der Waals surface area (Å²) >= 11 is 3.08. The lowest BCUT2D eigenvalue weighted by molar-refractivity contribution is -0.144. The van der Waals surface area contributed by atoms with Gasteiger partial charge in [0.05, 0.1) is 23.6 Å². The number of rotatable bonds is 4. The van der Waals surface area contributed by atoms with Crippen LogP contribution in [0.25, 0.3) is 0 Å². The summed E-state index contributed by atoms with van der Waals surface area (Å²) in [6.07, 6.45) is 0.167. The molecule has 1 aliphatic rings. The van der Waals surface area contributed by atoms with E-state index in [1.165, 1.54) is 19.2 Å². The van der Waals surface area contributed by atoms with Crippen LogP contribution in [0.4, 0.5) is 4.39 Å². The van der Waals surface area contributed by atoms with E-state index in [1.54, 1.807) is 0 Å². The van der Waals surface area contributed by atoms with Gasteiger partial charge in [-0.15, -0.1) is 0 Å². The third kappa shape index (κ3) is 3.21. The first-order valence-electron chi connectivity index (χ1n) is 6.79. The number of carboxylic acids is 1. The number of halogens is 2. The normalized spacial score (nSPS) is 26.6. The molecule has 1 aromatic carbocycles. The van der Waals surface area contributed by atoms with Crippen LogP contribution in [0.15, 0.2) is 16.6 Å². The summed E-state index contributed by atoms with van der Waals surface area (Å²) in [5.74, 6) is -1.92. The average molecular weight is 361 g/mol. The molecule has 0 amide bonds. The molecule has 1 saturated carbocycles. The number of methoxy groups -OCH3 is 1. The molecule has 0 radical (unpaired) electrons. The predicted molar refractivity (Wildman–Crippen MR) is 78.6 cm³/mol. The molecule has 0 aliphatic heterocycles. The van der Waals surface area contributed by atoms with E-state index in [9.17, 15) is 19.4 Å². The van der Waals surface area contributed by atoms with E-state index in [2.05, 4.69) is 15.9 Å². The minimum Gasteiger partial charge on any atom is -0.496 e. The van der Waals surface area contributed by atoms with Gasteiger partial charge in [0, 0.05) is 17.5 Å². The van der Waals surface area contributed by atoms with Crippen molar-refractivity contribution < 1.29 is 24.1 Å². The number of ether oxygens (including phenoxy) is 1. The van der Waals surface area contributed by atoms with Gasteiger partial charge in [-0.3, -0.25) is 4.79 Å². The summed E-state index contributed by atoms with van der Waals surface area (Å²) in [6.45, 7) is 1.97. The quantitative estimate of drug-likeness (QED) is 0.863. The van der Waals surface area contributed by atoms with Gasteiger partial charge in [0.1, 0.15) is 11.6 Å². The van der Waals surface area contributed by atoms with Crippen molar-refractivity contribution in [3.8, 4) is 5.75 Å². The van der Waals surface area contributed by atoms with Gasteiger partial charge in [-0.25, -0.2) is 4.39 Å². The van der Waals surface area contributed by atoms with Crippen molar-refractivity contribution in [2.45, 2.75) is 25.9 Å². The Labute approximate surface area is 131 Å². The summed E-state index contributed by atoms with van der Waals surface area (Å²) in [5, 5.41) is 19.9. The van der Waals surface area contributed by atoms with Gasteiger partial charge in [0.15, 0.2) is 0 Å². The zero-order valence-corrected chi connectivity index (χ0v) is 13.4. The zero-order valence-electron chi connectivity index (χ0n) is 11.8. The molecule has 2 rings (SSSR count). The van der Waals surface area contributed by atoms with E-state index in [0.717, 1.165) is 0 Å². The Balaban J connectivity index is 2.37. The molecule has 0 heterocycles. The highest BCUT2D eigenvalue weighted by Crippen LogP contribution is 2.45. The smallest absolute Gasteiger partial charge is 0.306 e. The molecule has 21 heavy (non-hydrogen) atoms. The highest BCUT2D eigenvalue weighted by Gasteiger charge is 2.42. The van der Waals surface area contributed by atoms with Crippen LogP contribution >= 0.6 is 15.9 Å². The molecule has 1 fully saturated rings. The standard InChI is InChI=1S/C15H18BrFO4/c1-7-3-8(9(4-7)15(19)20)14(18)10-5-11(16)12(17)6-13(10)21-2/h5-9,14,18H,3-4H2,1-2H3,(H,19,20). The second kappa shape index (κ2) is 6.32. The topological polar surface area (TPSA) is 66.8 Å². The van der Waals surface area contributed by atoms with Crippen molar-refractivity contribution in [2.24, 2.45) is 17.8 Å². The van der Waals surface area contributed by atoms with E-state index in [-0.39, 0.29) is 16.1 Å². The zero-order chi connectivity index (χ0) is 15.7. The van der Waals surface area contributed by atoms with Crippen LogP contribution in [0, 0.1) is 23.6 Å². The number of carbonyl (C=O) groups is 1. The van der Waals surface area contributed by atoms with Gasteiger partial charge in [-0.05, 0) is 40.8 Å². The number of hydrogen-bond acceptors (Lipinski definition) is 3. The summed E-state index contributed by atoms with van der Waals surface area (Å²) in [4.78, 5) is 11.4. The minimum atomic E-state index is -0.997. The van der Waals surface area contributed by atoms with E-state index in [4.69, 9.17) is 4.74 Å². The Morgan fingerprint density at radius 3 is 2.71 bits per heavy atom. The summed E-state index contributed by atoms with van der Waals surface area (Å²) in [7, 11) is 1.39. The Bertz CT molecular complexity index is 549. The molecule has 0 bridgehead atoms. The first kappa shape index (κ1) is 16.2. The Morgan fingerprint density at radius 2 is 2.14 bits per heavy atom. The fourth-order valence-corrected chi connectivity index (χ4v) is 3.51. The van der Waals surface area contributed by atoms with E-state index < -0.39 is 29.7 Å². The van der Waals surface area contributed by atoms with Crippen molar-refractivity contribution in [3.63, 3.8) is 0 Å². The second-order valence-corrected chi connectivity index (χ2v) is 6.49. The molecular weight excluding hydrogens is 343 g/mol. The van der Waals surface area contributed by atoms with Crippen molar-refractivity contribution in [2.75, 3.05) is 7.11 Å². The maximum Gasteiger partial charge on any atom is 0.306 e. The van der Waals surface area contributed by atoms with E-state index in [1.807, 2.05) is 6.92 Å². The molecule has 0 aromatic heterocycles. The third-order valence-electron chi connectivity index (χ3n) is 4.16. The monoisotopic (exact) mass is 360 g/mol. The van der Waals surface area contributed by atoms with Gasteiger partial charge in [-0.2, -0.15) is 0 Å². The molecule has 0 saturated heterocycles. The fourth-order valence-electron chi connectivity index (χ4n) is 3.15. The van der Waals surface area contributed by atoms with Crippen LogP contribution in [0.1, 0.15) is 31.4 Å². The Hall–Kier alpha value is -1.14. The second-order valence-electron chi connectivity index (χ2n) is 5.64. The Kier molecular flexibility index (Phi) is 4.88. The number of aliphatic carboxylic acids is 1. The van der Waals surface area contributed by atoms with Gasteiger partial charge < -0.3 is 14.9 Å². The molecule has 116 valence electrons. The van der Waals surface area contributed by atoms with Crippen molar-refractivity contribution in [3.05, 3.63) is 28.0 Å². The highest BCUT2D eigenvalue weighted by molar-refractivity contribution is 9.10. The van der Waals surface area contributed by atoms with Crippen molar-refractivity contribution >= 4 is 21.9 Å². The lowest BCUT2D eigenvalue weighted by Gasteiger charge is -2.24. The summed E-state index contributed by atoms with van der Waals surface area (Å²) < 4.78 is 18.9. The molecule has 2 N–H and O–H groups in total. The molecule has 4 unspecified atom stereocenters. The SMILES string of the molecule is COc1cc(F)c(Br)cc1C(O)C1CC(C)CC1C(=O)O. The van der Waals surface area contributed by atoms with Gasteiger partial charge >= 0.3 is 5.97 Å². The number of hydrogen-bond donors (Lipinski definition) is 2. The lowest BCUT2D eigenvalue weighted by atomic mass is 9.86.